The summed E-state index contributed by atoms with van der Waals surface area (Å²) in [7, 11) is 0. The molecule has 0 bridgehead atoms. The molecule has 168 valence electrons. The smallest absolute Gasteiger partial charge is 0.472 e. The average molecular weight is 441 g/mol. The Morgan fingerprint density at radius 2 is 1.94 bits per heavy atom. The first kappa shape index (κ1) is 22.5. The van der Waals surface area contributed by atoms with Gasteiger partial charge < -0.3 is 20.5 Å². The van der Waals surface area contributed by atoms with Crippen LogP contribution < -0.4 is 20.5 Å². The fourth-order valence-corrected chi connectivity index (χ4v) is 3.28. The largest absolute Gasteiger partial charge is 0.573 e. The summed E-state index contributed by atoms with van der Waals surface area (Å²) in [5.74, 6) is -0.362. The number of nitrogens with zero attached hydrogens (tertiary/aromatic N) is 3. The highest BCUT2D eigenvalue weighted by molar-refractivity contribution is 5.44. The third kappa shape index (κ3) is 6.67. The molecule has 0 aliphatic heterocycles. The van der Waals surface area contributed by atoms with Gasteiger partial charge in [-0.15, -0.1) is 13.2 Å². The molecule has 0 amide bonds. The van der Waals surface area contributed by atoms with E-state index in [1.807, 2.05) is 0 Å². The summed E-state index contributed by atoms with van der Waals surface area (Å²) in [6.07, 6.45) is -0.371. The maximum absolute atomic E-state index is 12.6. The predicted molar refractivity (Wildman–Crippen MR) is 105 cm³/mol. The van der Waals surface area contributed by atoms with E-state index in [4.69, 9.17) is 10.5 Å². The highest BCUT2D eigenvalue weighted by Crippen LogP contribution is 2.29. The summed E-state index contributed by atoms with van der Waals surface area (Å²) < 4.78 is 47.3. The van der Waals surface area contributed by atoms with Crippen molar-refractivity contribution >= 4 is 11.6 Å². The molecule has 0 radical (unpaired) electrons. The minimum atomic E-state index is -4.83. The number of hydrogen-bond donors (Lipinski definition) is 2. The summed E-state index contributed by atoms with van der Waals surface area (Å²) in [5, 5.41) is 14.0. The molecule has 31 heavy (non-hydrogen) atoms. The Labute approximate surface area is 175 Å². The zero-order valence-corrected chi connectivity index (χ0v) is 16.5. The summed E-state index contributed by atoms with van der Waals surface area (Å²) in [5.41, 5.74) is 5.70. The Morgan fingerprint density at radius 3 is 2.61 bits per heavy atom. The second-order valence-corrected chi connectivity index (χ2v) is 7.24. The molecule has 0 spiro atoms. The van der Waals surface area contributed by atoms with Crippen LogP contribution >= 0.6 is 0 Å². The summed E-state index contributed by atoms with van der Waals surface area (Å²) in [6, 6.07) is 5.78. The van der Waals surface area contributed by atoms with E-state index in [2.05, 4.69) is 20.0 Å². The van der Waals surface area contributed by atoms with Crippen LogP contribution in [-0.4, -0.2) is 33.9 Å². The van der Waals surface area contributed by atoms with Crippen LogP contribution in [0.1, 0.15) is 31.2 Å². The van der Waals surface area contributed by atoms with Crippen LogP contribution in [0, 0.1) is 16.0 Å². The number of hydrogen-bond acceptors (Lipinski definition) is 8. The summed E-state index contributed by atoms with van der Waals surface area (Å²) in [4.78, 5) is 18.5. The number of nitro groups is 1. The van der Waals surface area contributed by atoms with Gasteiger partial charge in [-0.05, 0) is 37.7 Å². The maximum Gasteiger partial charge on any atom is 0.573 e. The van der Waals surface area contributed by atoms with Gasteiger partial charge in [0.2, 0.25) is 5.95 Å². The van der Waals surface area contributed by atoms with E-state index in [1.165, 1.54) is 18.2 Å². The first-order chi connectivity index (χ1) is 14.7. The van der Waals surface area contributed by atoms with Crippen LogP contribution in [0.2, 0.25) is 0 Å². The third-order valence-corrected chi connectivity index (χ3v) is 4.91. The molecule has 1 fully saturated rings. The number of nitrogens with one attached hydrogen (secondary N) is 1. The Hall–Kier alpha value is -3.15. The van der Waals surface area contributed by atoms with Gasteiger partial charge in [0.1, 0.15) is 11.9 Å². The molecule has 2 aromatic rings. The van der Waals surface area contributed by atoms with Crippen molar-refractivity contribution in [3.05, 3.63) is 46.1 Å². The molecule has 12 heteroatoms. The number of nitrogens with two attached hydrogens (primary N) is 1. The van der Waals surface area contributed by atoms with Crippen LogP contribution in [0.15, 0.2) is 30.5 Å². The van der Waals surface area contributed by atoms with Crippen molar-refractivity contribution in [1.29, 1.82) is 0 Å². The molecule has 1 aliphatic rings. The lowest BCUT2D eigenvalue weighted by molar-refractivity contribution is -0.386. The quantitative estimate of drug-likeness (QED) is 0.468. The van der Waals surface area contributed by atoms with Gasteiger partial charge in [0.15, 0.2) is 0 Å². The number of halogens is 3. The average Bonchev–Trinajstić information content (AvgIpc) is 2.71. The van der Waals surface area contributed by atoms with Gasteiger partial charge in [-0.3, -0.25) is 10.1 Å². The lowest BCUT2D eigenvalue weighted by atomic mass is 9.87. The number of para-hydroxylation sites is 1. The van der Waals surface area contributed by atoms with Crippen molar-refractivity contribution in [2.45, 2.75) is 44.6 Å². The number of ether oxygens (including phenoxy) is 2. The molecule has 3 N–H and O–H groups in total. The zero-order valence-electron chi connectivity index (χ0n) is 16.5. The van der Waals surface area contributed by atoms with Gasteiger partial charge in [0.25, 0.3) is 5.88 Å². The van der Waals surface area contributed by atoms with Crippen molar-refractivity contribution < 1.29 is 27.6 Å². The van der Waals surface area contributed by atoms with Crippen LogP contribution in [0.25, 0.3) is 0 Å². The van der Waals surface area contributed by atoms with Gasteiger partial charge in [0.05, 0.1) is 11.5 Å². The molecule has 1 aromatic carbocycles. The monoisotopic (exact) mass is 441 g/mol. The van der Waals surface area contributed by atoms with Crippen LogP contribution in [-0.2, 0) is 6.54 Å². The molecule has 3 rings (SSSR count). The highest BCUT2D eigenvalue weighted by atomic mass is 19.4. The molecular weight excluding hydrogens is 419 g/mol. The SMILES string of the molecule is N[C@H]1CC[C@H](COc2nc(NCc3ccccc3OC(F)(F)F)ncc2[N+](=O)[O-])CC1. The number of alkyl halides is 3. The van der Waals surface area contributed by atoms with Crippen molar-refractivity contribution in [2.75, 3.05) is 11.9 Å². The van der Waals surface area contributed by atoms with Crippen molar-refractivity contribution in [2.24, 2.45) is 11.7 Å². The van der Waals surface area contributed by atoms with Crippen LogP contribution in [0.5, 0.6) is 11.6 Å². The molecule has 1 aliphatic carbocycles. The Bertz CT molecular complexity index is 904. The normalized spacial score (nSPS) is 19.0. The Kier molecular flexibility index (Phi) is 7.10. The second-order valence-electron chi connectivity index (χ2n) is 7.24. The van der Waals surface area contributed by atoms with E-state index < -0.39 is 11.3 Å². The second kappa shape index (κ2) is 9.77. The van der Waals surface area contributed by atoms with E-state index in [0.717, 1.165) is 31.9 Å². The van der Waals surface area contributed by atoms with Crippen LogP contribution in [0.4, 0.5) is 24.8 Å². The number of rotatable bonds is 8. The standard InChI is InChI=1S/C19H22F3N5O4/c20-19(21,22)31-16-4-2-1-3-13(16)9-24-18-25-10-15(27(28)29)17(26-18)30-11-12-5-7-14(23)8-6-12/h1-4,10,12,14H,5-9,11,23H2,(H,24,25,26)/t12-,14-. The van der Waals surface area contributed by atoms with E-state index in [-0.39, 0.29) is 53.9 Å². The number of aromatic nitrogens is 2. The lowest BCUT2D eigenvalue weighted by Crippen LogP contribution is -2.29. The molecule has 1 heterocycles. The lowest BCUT2D eigenvalue weighted by Gasteiger charge is -2.25. The highest BCUT2D eigenvalue weighted by Gasteiger charge is 2.32. The molecule has 1 saturated carbocycles. The molecular formula is C19H22F3N5O4. The molecule has 0 unspecified atom stereocenters. The third-order valence-electron chi connectivity index (χ3n) is 4.91. The predicted octanol–water partition coefficient (Wildman–Crippen LogP) is 3.79. The van der Waals surface area contributed by atoms with Crippen molar-refractivity contribution in [1.82, 2.24) is 9.97 Å². The van der Waals surface area contributed by atoms with Gasteiger partial charge in [-0.25, -0.2) is 4.98 Å². The fraction of sp³-hybridized carbons (Fsp3) is 0.474. The molecule has 0 atom stereocenters. The minimum Gasteiger partial charge on any atom is -0.472 e. The van der Waals surface area contributed by atoms with Gasteiger partial charge in [0, 0.05) is 18.2 Å². The summed E-state index contributed by atoms with van der Waals surface area (Å²) in [6.45, 7) is 0.163. The minimum absolute atomic E-state index is 0.0203. The van der Waals surface area contributed by atoms with Gasteiger partial charge in [-0.2, -0.15) is 4.98 Å². The van der Waals surface area contributed by atoms with E-state index >= 15 is 0 Å². The fourth-order valence-electron chi connectivity index (χ4n) is 3.28. The van der Waals surface area contributed by atoms with Crippen molar-refractivity contribution in [3.63, 3.8) is 0 Å². The molecule has 1 aromatic heterocycles. The zero-order chi connectivity index (χ0) is 22.4. The van der Waals surface area contributed by atoms with E-state index in [0.29, 0.717) is 0 Å². The molecule has 0 saturated heterocycles. The maximum atomic E-state index is 12.6. The van der Waals surface area contributed by atoms with E-state index in [1.54, 1.807) is 6.07 Å². The van der Waals surface area contributed by atoms with Crippen LogP contribution in [0.3, 0.4) is 0 Å². The number of anilines is 1. The topological polar surface area (TPSA) is 125 Å². The molecule has 9 nitrogen and oxygen atoms in total. The first-order valence-electron chi connectivity index (χ1n) is 9.68. The first-order valence-corrected chi connectivity index (χ1v) is 9.68. The Morgan fingerprint density at radius 1 is 1.23 bits per heavy atom. The van der Waals surface area contributed by atoms with Crippen molar-refractivity contribution in [3.8, 4) is 11.6 Å². The number of benzene rings is 1. The Balaban J connectivity index is 1.68. The van der Waals surface area contributed by atoms with Gasteiger partial charge in [-0.1, -0.05) is 18.2 Å². The van der Waals surface area contributed by atoms with Gasteiger partial charge >= 0.3 is 12.0 Å². The van der Waals surface area contributed by atoms with E-state index in [9.17, 15) is 23.3 Å². The summed E-state index contributed by atoms with van der Waals surface area (Å²) >= 11 is 0.